The summed E-state index contributed by atoms with van der Waals surface area (Å²) in [6, 6.07) is 20.9. The molecule has 1 aromatic heterocycles. The maximum absolute atomic E-state index is 13.3. The molecule has 172 valence electrons. The van der Waals surface area contributed by atoms with Crippen molar-refractivity contribution in [2.75, 3.05) is 12.3 Å². The van der Waals surface area contributed by atoms with Crippen LogP contribution in [0.1, 0.15) is 51.4 Å². The molecular formula is C27H32N4OS. The van der Waals surface area contributed by atoms with Crippen LogP contribution in [0.2, 0.25) is 0 Å². The predicted octanol–water partition coefficient (Wildman–Crippen LogP) is 5.38. The van der Waals surface area contributed by atoms with E-state index < -0.39 is 0 Å². The molecule has 5 nitrogen and oxygen atoms in total. The van der Waals surface area contributed by atoms with Gasteiger partial charge in [-0.05, 0) is 47.8 Å². The van der Waals surface area contributed by atoms with Crippen LogP contribution in [0.25, 0.3) is 5.69 Å². The number of para-hydroxylation sites is 1. The molecule has 0 spiro atoms. The molecule has 33 heavy (non-hydrogen) atoms. The van der Waals surface area contributed by atoms with Crippen molar-refractivity contribution in [1.82, 2.24) is 19.7 Å². The Morgan fingerprint density at radius 2 is 1.70 bits per heavy atom. The number of hydrogen-bond donors (Lipinski definition) is 0. The molecular weight excluding hydrogens is 428 g/mol. The zero-order chi connectivity index (χ0) is 23.1. The van der Waals surface area contributed by atoms with Gasteiger partial charge in [0.15, 0.2) is 5.16 Å². The van der Waals surface area contributed by atoms with E-state index in [0.717, 1.165) is 36.1 Å². The third kappa shape index (κ3) is 4.72. The third-order valence-corrected chi connectivity index (χ3v) is 7.89. The Hall–Kier alpha value is -2.60. The summed E-state index contributed by atoms with van der Waals surface area (Å²) in [5.41, 5.74) is 2.77. The molecule has 2 aliphatic rings. The van der Waals surface area contributed by atoms with E-state index in [1.165, 1.54) is 23.7 Å². The van der Waals surface area contributed by atoms with Crippen molar-refractivity contribution in [3.63, 3.8) is 0 Å². The summed E-state index contributed by atoms with van der Waals surface area (Å²) in [4.78, 5) is 15.5. The van der Waals surface area contributed by atoms with Crippen molar-refractivity contribution < 1.29 is 4.79 Å². The monoisotopic (exact) mass is 460 g/mol. The molecule has 2 atom stereocenters. The molecule has 3 aromatic rings. The minimum Gasteiger partial charge on any atom is -0.338 e. The summed E-state index contributed by atoms with van der Waals surface area (Å²) in [6.07, 6.45) is 4.12. The summed E-state index contributed by atoms with van der Waals surface area (Å²) in [5.74, 6) is 1.50. The van der Waals surface area contributed by atoms with Gasteiger partial charge in [-0.1, -0.05) is 81.1 Å². The van der Waals surface area contributed by atoms with Gasteiger partial charge in [0, 0.05) is 24.7 Å². The van der Waals surface area contributed by atoms with Gasteiger partial charge in [0.05, 0.1) is 5.75 Å². The Morgan fingerprint density at radius 1 is 1.00 bits per heavy atom. The molecule has 2 fully saturated rings. The highest BCUT2D eigenvalue weighted by molar-refractivity contribution is 7.99. The highest BCUT2D eigenvalue weighted by Gasteiger charge is 2.50. The molecule has 1 aliphatic carbocycles. The molecule has 1 saturated heterocycles. The van der Waals surface area contributed by atoms with Gasteiger partial charge in [0.2, 0.25) is 5.91 Å². The second-order valence-corrected chi connectivity index (χ2v) is 11.7. The zero-order valence-corrected chi connectivity index (χ0v) is 20.5. The van der Waals surface area contributed by atoms with Crippen LogP contribution in [0.15, 0.2) is 65.8 Å². The van der Waals surface area contributed by atoms with E-state index >= 15 is 0 Å². The first-order valence-corrected chi connectivity index (χ1v) is 12.8. The fourth-order valence-electron chi connectivity index (χ4n) is 6.08. The Bertz CT molecular complexity index is 1130. The van der Waals surface area contributed by atoms with Crippen molar-refractivity contribution >= 4 is 17.7 Å². The Morgan fingerprint density at radius 3 is 2.42 bits per heavy atom. The van der Waals surface area contributed by atoms with Crippen molar-refractivity contribution in [1.29, 1.82) is 0 Å². The van der Waals surface area contributed by atoms with Gasteiger partial charge in [-0.2, -0.15) is 0 Å². The Balaban J connectivity index is 1.35. The number of aromatic nitrogens is 3. The first-order chi connectivity index (χ1) is 15.8. The van der Waals surface area contributed by atoms with Gasteiger partial charge in [-0.15, -0.1) is 10.2 Å². The van der Waals surface area contributed by atoms with Crippen LogP contribution in [0.4, 0.5) is 0 Å². The number of thioether (sulfide) groups is 1. The molecule has 1 saturated carbocycles. The predicted molar refractivity (Wildman–Crippen MR) is 133 cm³/mol. The average Bonchev–Trinajstić information content (AvgIpc) is 3.29. The van der Waals surface area contributed by atoms with E-state index in [1.807, 2.05) is 36.4 Å². The van der Waals surface area contributed by atoms with Crippen LogP contribution in [-0.2, 0) is 11.2 Å². The lowest BCUT2D eigenvalue weighted by atomic mass is 9.65. The highest BCUT2D eigenvalue weighted by atomic mass is 32.2. The standard InChI is InChI=1S/C27H32N4OS/c1-26(2)15-22-16-27(3,18-26)19-30(22)24(32)17-33-25-29-28-23(14-20-10-6-4-7-11-20)31(25)21-12-8-5-9-13-21/h4-13,22H,14-19H2,1-3H3. The number of hydrogen-bond acceptors (Lipinski definition) is 4. The minimum absolute atomic E-state index is 0.221. The Kier molecular flexibility index (Phi) is 5.81. The quantitative estimate of drug-likeness (QED) is 0.464. The number of nitrogens with zero attached hydrogens (tertiary/aromatic N) is 4. The summed E-state index contributed by atoms with van der Waals surface area (Å²) < 4.78 is 2.09. The van der Waals surface area contributed by atoms with Crippen LogP contribution < -0.4 is 0 Å². The number of rotatable bonds is 6. The molecule has 0 radical (unpaired) electrons. The molecule has 0 N–H and O–H groups in total. The van der Waals surface area contributed by atoms with Crippen LogP contribution in [0.3, 0.4) is 0 Å². The summed E-state index contributed by atoms with van der Waals surface area (Å²) in [5, 5.41) is 9.78. The van der Waals surface area contributed by atoms with E-state index in [4.69, 9.17) is 0 Å². The molecule has 2 aromatic carbocycles. The number of likely N-dealkylation sites (tertiary alicyclic amines) is 1. The fraction of sp³-hybridized carbons (Fsp3) is 0.444. The lowest BCUT2D eigenvalue weighted by Crippen LogP contribution is -2.38. The Labute approximate surface area is 200 Å². The zero-order valence-electron chi connectivity index (χ0n) is 19.7. The molecule has 2 bridgehead atoms. The van der Waals surface area contributed by atoms with Crippen LogP contribution in [0, 0.1) is 10.8 Å². The molecule has 5 rings (SSSR count). The summed E-state index contributed by atoms with van der Waals surface area (Å²) in [7, 11) is 0. The minimum atomic E-state index is 0.221. The van der Waals surface area contributed by atoms with Crippen LogP contribution in [-0.4, -0.2) is 43.9 Å². The van der Waals surface area contributed by atoms with Crippen molar-refractivity contribution in [3.05, 3.63) is 72.1 Å². The first kappa shape index (κ1) is 22.2. The number of carbonyl (C=O) groups excluding carboxylic acids is 1. The number of benzene rings is 2. The van der Waals surface area contributed by atoms with Crippen molar-refractivity contribution in [3.8, 4) is 5.69 Å². The van der Waals surface area contributed by atoms with Gasteiger partial charge >= 0.3 is 0 Å². The van der Waals surface area contributed by atoms with Gasteiger partial charge in [-0.3, -0.25) is 9.36 Å². The van der Waals surface area contributed by atoms with Crippen molar-refractivity contribution in [2.45, 2.75) is 57.7 Å². The van der Waals surface area contributed by atoms with E-state index in [2.05, 4.69) is 64.7 Å². The normalized spacial score (nSPS) is 23.6. The number of fused-ring (bicyclic) bond motifs is 2. The second kappa shape index (κ2) is 8.64. The molecule has 6 heteroatoms. The van der Waals surface area contributed by atoms with E-state index in [0.29, 0.717) is 23.6 Å². The van der Waals surface area contributed by atoms with Crippen LogP contribution >= 0.6 is 11.8 Å². The maximum atomic E-state index is 13.3. The van der Waals surface area contributed by atoms with Gasteiger partial charge in [0.25, 0.3) is 0 Å². The lowest BCUT2D eigenvalue weighted by molar-refractivity contribution is -0.129. The number of amides is 1. The fourth-order valence-corrected chi connectivity index (χ4v) is 6.94. The van der Waals surface area contributed by atoms with E-state index in [-0.39, 0.29) is 11.3 Å². The molecule has 1 aliphatic heterocycles. The highest BCUT2D eigenvalue weighted by Crippen LogP contribution is 2.52. The van der Waals surface area contributed by atoms with Crippen LogP contribution in [0.5, 0.6) is 0 Å². The topological polar surface area (TPSA) is 51.0 Å². The third-order valence-electron chi connectivity index (χ3n) is 6.98. The van der Waals surface area contributed by atoms with E-state index in [9.17, 15) is 4.79 Å². The second-order valence-electron chi connectivity index (χ2n) is 10.8. The smallest absolute Gasteiger partial charge is 0.233 e. The van der Waals surface area contributed by atoms with E-state index in [1.54, 1.807) is 0 Å². The molecule has 1 amide bonds. The molecule has 2 unspecified atom stereocenters. The average molecular weight is 461 g/mol. The van der Waals surface area contributed by atoms with Gasteiger partial charge in [-0.25, -0.2) is 0 Å². The molecule has 2 heterocycles. The number of carbonyl (C=O) groups is 1. The van der Waals surface area contributed by atoms with Gasteiger partial charge < -0.3 is 4.90 Å². The van der Waals surface area contributed by atoms with Crippen molar-refractivity contribution in [2.24, 2.45) is 10.8 Å². The first-order valence-electron chi connectivity index (χ1n) is 11.8. The SMILES string of the molecule is CC1(C)CC2CC(C)(CN2C(=O)CSc2nnc(Cc3ccccc3)n2-c2ccccc2)C1. The van der Waals surface area contributed by atoms with Gasteiger partial charge in [0.1, 0.15) is 5.82 Å². The largest absolute Gasteiger partial charge is 0.338 e. The maximum Gasteiger partial charge on any atom is 0.233 e. The summed E-state index contributed by atoms with van der Waals surface area (Å²) >= 11 is 1.50. The summed E-state index contributed by atoms with van der Waals surface area (Å²) in [6.45, 7) is 7.92. The lowest BCUT2D eigenvalue weighted by Gasteiger charge is -2.39.